The van der Waals surface area contributed by atoms with Gasteiger partial charge >= 0.3 is 18.2 Å². The maximum Gasteiger partial charge on any atom is 0.422 e. The van der Waals surface area contributed by atoms with Gasteiger partial charge in [0.1, 0.15) is 11.3 Å². The number of aromatic nitrogens is 3. The molecule has 3 N–H and O–H groups in total. The van der Waals surface area contributed by atoms with Gasteiger partial charge in [0.05, 0.1) is 19.3 Å². The normalized spacial score (nSPS) is 20.3. The summed E-state index contributed by atoms with van der Waals surface area (Å²) in [7, 11) is 0. The van der Waals surface area contributed by atoms with E-state index in [0.29, 0.717) is 31.7 Å². The van der Waals surface area contributed by atoms with Gasteiger partial charge < -0.3 is 30.0 Å². The van der Waals surface area contributed by atoms with E-state index in [1.54, 1.807) is 0 Å². The average Bonchev–Trinajstić information content (AvgIpc) is 2.85. The van der Waals surface area contributed by atoms with Crippen LogP contribution in [0.25, 0.3) is 0 Å². The second-order valence-electron chi connectivity index (χ2n) is 8.40. The van der Waals surface area contributed by atoms with Gasteiger partial charge in [0, 0.05) is 24.3 Å². The molecule has 1 aliphatic carbocycles. The van der Waals surface area contributed by atoms with E-state index in [-0.39, 0.29) is 41.8 Å². The van der Waals surface area contributed by atoms with Gasteiger partial charge in [-0.3, -0.25) is 0 Å². The summed E-state index contributed by atoms with van der Waals surface area (Å²) >= 11 is 0. The Morgan fingerprint density at radius 1 is 1.14 bits per heavy atom. The summed E-state index contributed by atoms with van der Waals surface area (Å²) in [5.41, 5.74) is 0.332. The van der Waals surface area contributed by atoms with Gasteiger partial charge in [-0.25, -0.2) is 4.79 Å². The van der Waals surface area contributed by atoms with Crippen molar-refractivity contribution in [2.24, 2.45) is 5.92 Å². The van der Waals surface area contributed by atoms with Crippen molar-refractivity contribution in [3.8, 4) is 11.8 Å². The van der Waals surface area contributed by atoms with Gasteiger partial charge in [0.25, 0.3) is 0 Å². The number of halogens is 3. The fraction of sp³-hybridized carbons (Fsp3) is 0.417. The van der Waals surface area contributed by atoms with Crippen molar-refractivity contribution in [1.29, 1.82) is 0 Å². The molecule has 13 heteroatoms. The average molecular weight is 521 g/mol. The first-order valence-corrected chi connectivity index (χ1v) is 11.7. The highest BCUT2D eigenvalue weighted by atomic mass is 19.4. The number of nitrogens with one attached hydrogen (secondary N) is 2. The molecule has 0 spiro atoms. The number of carboxylic acids is 1. The number of alkyl halides is 3. The number of anilines is 3. The number of aromatic carboxylic acids is 1. The van der Waals surface area contributed by atoms with Crippen LogP contribution in [-0.4, -0.2) is 64.7 Å². The van der Waals surface area contributed by atoms with Gasteiger partial charge in [-0.2, -0.15) is 28.1 Å². The predicted octanol–water partition coefficient (Wildman–Crippen LogP) is 4.36. The minimum atomic E-state index is -4.59. The number of carbonyl (C=O) groups is 1. The number of nitrogens with zero attached hydrogens (tertiary/aromatic N) is 3. The molecular weight excluding hydrogens is 495 g/mol. The number of allylic oxidation sites excluding steroid dienone is 3. The highest BCUT2D eigenvalue weighted by Crippen LogP contribution is 2.27. The molecule has 4 rings (SSSR count). The molecule has 1 aromatic carbocycles. The molecule has 0 saturated carbocycles. The Hall–Kier alpha value is -3.87. The van der Waals surface area contributed by atoms with Crippen LogP contribution in [0.2, 0.25) is 0 Å². The molecule has 2 atom stereocenters. The summed E-state index contributed by atoms with van der Waals surface area (Å²) in [6.45, 7) is -0.581. The number of hydrogen-bond acceptors (Lipinski definition) is 9. The molecule has 10 nitrogen and oxygen atoms in total. The lowest BCUT2D eigenvalue weighted by Gasteiger charge is -2.26. The zero-order valence-corrected chi connectivity index (χ0v) is 19.7. The number of carboxylic acid groups (broad SMARTS) is 1. The summed E-state index contributed by atoms with van der Waals surface area (Å²) < 4.78 is 54.7. The van der Waals surface area contributed by atoms with Crippen LogP contribution in [0.4, 0.5) is 30.8 Å². The van der Waals surface area contributed by atoms with Crippen molar-refractivity contribution in [2.75, 3.05) is 37.1 Å². The maximum atomic E-state index is 12.8. The van der Waals surface area contributed by atoms with Gasteiger partial charge in [-0.15, -0.1) is 0 Å². The zero-order chi connectivity index (χ0) is 26.3. The molecule has 1 unspecified atom stereocenters. The van der Waals surface area contributed by atoms with E-state index in [4.69, 9.17) is 14.2 Å². The summed E-state index contributed by atoms with van der Waals surface area (Å²) in [6.07, 6.45) is 5.35. The first-order chi connectivity index (χ1) is 17.8. The standard InChI is InChI=1S/C24H26F3N5O5/c25-24(26,27)14-37-23-31-21-28-16-8-9-17(20(33)34)19(12-16)36-11-5-4-10-35-13-18(29-22(30-21)32-23)15-6-2-1-3-7-15/h1-3,6,8-9,12,15,18H,4-5,7,10-11,13-14H2,(H,33,34)(H2,28,29,30,31,32)/t15?,18-/m1/s1. The van der Waals surface area contributed by atoms with Crippen molar-refractivity contribution >= 4 is 23.6 Å². The Balaban J connectivity index is 1.68. The molecule has 0 radical (unpaired) electrons. The molecule has 0 fully saturated rings. The molecule has 2 aromatic rings. The number of benzene rings is 1. The fourth-order valence-electron chi connectivity index (χ4n) is 3.75. The smallest absolute Gasteiger partial charge is 0.422 e. The van der Waals surface area contributed by atoms with Crippen LogP contribution in [-0.2, 0) is 4.74 Å². The Bertz CT molecular complexity index is 1160. The van der Waals surface area contributed by atoms with E-state index in [1.807, 2.05) is 24.3 Å². The van der Waals surface area contributed by atoms with E-state index >= 15 is 0 Å². The molecular formula is C24H26F3N5O5. The second-order valence-corrected chi connectivity index (χ2v) is 8.40. The van der Waals surface area contributed by atoms with Crippen LogP contribution >= 0.6 is 0 Å². The Morgan fingerprint density at radius 3 is 2.70 bits per heavy atom. The molecule has 0 amide bonds. The summed E-state index contributed by atoms with van der Waals surface area (Å²) in [5.74, 6) is -1.10. The van der Waals surface area contributed by atoms with Gasteiger partial charge in [0.2, 0.25) is 11.9 Å². The Labute approximate surface area is 210 Å². The van der Waals surface area contributed by atoms with E-state index in [1.165, 1.54) is 18.2 Å². The number of rotatable bonds is 4. The van der Waals surface area contributed by atoms with Gasteiger partial charge in [0.15, 0.2) is 6.61 Å². The summed E-state index contributed by atoms with van der Waals surface area (Å²) in [4.78, 5) is 23.9. The summed E-state index contributed by atoms with van der Waals surface area (Å²) in [6, 6.07) is 3.48. The number of hydrogen-bond donors (Lipinski definition) is 3. The zero-order valence-electron chi connectivity index (χ0n) is 19.7. The molecule has 1 aromatic heterocycles. The molecule has 0 saturated heterocycles. The van der Waals surface area contributed by atoms with Crippen LogP contribution in [0.3, 0.4) is 0 Å². The first-order valence-electron chi connectivity index (χ1n) is 11.7. The monoisotopic (exact) mass is 521 g/mol. The van der Waals surface area contributed by atoms with Crippen molar-refractivity contribution in [2.45, 2.75) is 31.5 Å². The Kier molecular flexibility index (Phi) is 8.43. The lowest BCUT2D eigenvalue weighted by Crippen LogP contribution is -2.34. The van der Waals surface area contributed by atoms with Gasteiger partial charge in [-0.1, -0.05) is 24.3 Å². The molecule has 198 valence electrons. The van der Waals surface area contributed by atoms with Crippen LogP contribution in [0.5, 0.6) is 11.8 Å². The van der Waals surface area contributed by atoms with Crippen molar-refractivity contribution in [3.63, 3.8) is 0 Å². The van der Waals surface area contributed by atoms with E-state index in [0.717, 1.165) is 6.42 Å². The quantitative estimate of drug-likeness (QED) is 0.534. The highest BCUT2D eigenvalue weighted by Gasteiger charge is 2.29. The van der Waals surface area contributed by atoms with E-state index in [2.05, 4.69) is 25.6 Å². The summed E-state index contributed by atoms with van der Waals surface area (Å²) in [5, 5.41) is 15.5. The highest BCUT2D eigenvalue weighted by molar-refractivity contribution is 5.91. The molecule has 2 heterocycles. The second kappa shape index (κ2) is 11.9. The third-order valence-corrected chi connectivity index (χ3v) is 5.53. The van der Waals surface area contributed by atoms with Crippen LogP contribution in [0.15, 0.2) is 42.5 Å². The molecule has 2 aliphatic rings. The molecule has 37 heavy (non-hydrogen) atoms. The maximum absolute atomic E-state index is 12.8. The van der Waals surface area contributed by atoms with Crippen LogP contribution in [0.1, 0.15) is 29.6 Å². The minimum absolute atomic E-state index is 0.00282. The Morgan fingerprint density at radius 2 is 1.95 bits per heavy atom. The number of ether oxygens (including phenoxy) is 3. The molecule has 4 bridgehead atoms. The molecule has 1 aliphatic heterocycles. The topological polar surface area (TPSA) is 128 Å². The third kappa shape index (κ3) is 7.81. The predicted molar refractivity (Wildman–Crippen MR) is 127 cm³/mol. The SMILES string of the molecule is O=C(O)c1ccc2cc1OCCCCOC[C@H](C1C=CC=CC1)Nc1nc(nc(OCC(F)(F)F)n1)N2. The third-order valence-electron chi connectivity index (χ3n) is 5.53. The largest absolute Gasteiger partial charge is 0.493 e. The van der Waals surface area contributed by atoms with Crippen molar-refractivity contribution in [1.82, 2.24) is 15.0 Å². The van der Waals surface area contributed by atoms with Crippen molar-refractivity contribution < 1.29 is 37.3 Å². The number of fused-ring (bicyclic) bond motifs is 4. The van der Waals surface area contributed by atoms with Gasteiger partial charge in [-0.05, 0) is 31.4 Å². The van der Waals surface area contributed by atoms with E-state index in [9.17, 15) is 23.1 Å². The van der Waals surface area contributed by atoms with Crippen LogP contribution in [0, 0.1) is 5.92 Å². The lowest BCUT2D eigenvalue weighted by molar-refractivity contribution is -0.154. The van der Waals surface area contributed by atoms with Crippen molar-refractivity contribution in [3.05, 3.63) is 48.1 Å². The first kappa shape index (κ1) is 26.2. The fourth-order valence-corrected chi connectivity index (χ4v) is 3.75. The van der Waals surface area contributed by atoms with E-state index < -0.39 is 24.8 Å². The minimum Gasteiger partial charge on any atom is -0.493 e. The lowest BCUT2D eigenvalue weighted by atomic mass is 9.93. The van der Waals surface area contributed by atoms with Crippen LogP contribution < -0.4 is 20.1 Å².